The van der Waals surface area contributed by atoms with Crippen molar-refractivity contribution in [3.8, 4) is 10.6 Å². The second kappa shape index (κ2) is 6.01. The molecule has 1 saturated heterocycles. The Morgan fingerprint density at radius 2 is 1.91 bits per heavy atom. The number of carbonyl (C=O) groups excluding carboxylic acids is 1. The highest BCUT2D eigenvalue weighted by molar-refractivity contribution is 9.10. The van der Waals surface area contributed by atoms with Crippen molar-refractivity contribution < 1.29 is 4.79 Å². The molecule has 2 aromatic heterocycles. The van der Waals surface area contributed by atoms with E-state index < -0.39 is 0 Å². The lowest BCUT2D eigenvalue weighted by Gasteiger charge is -2.25. The summed E-state index contributed by atoms with van der Waals surface area (Å²) < 4.78 is 2.53. The van der Waals surface area contributed by atoms with Crippen LogP contribution in [0.15, 0.2) is 28.7 Å². The van der Waals surface area contributed by atoms with Crippen LogP contribution in [0.2, 0.25) is 0 Å². The maximum Gasteiger partial charge on any atom is 0.293 e. The Morgan fingerprint density at radius 3 is 2.70 bits per heavy atom. The number of aromatic nitrogens is 4. The summed E-state index contributed by atoms with van der Waals surface area (Å²) in [6.45, 7) is 1.57. The molecule has 0 N–H and O–H groups in total. The molecule has 1 amide bonds. The molecule has 1 aromatic carbocycles. The lowest BCUT2D eigenvalue weighted by Crippen LogP contribution is -2.36. The smallest absolute Gasteiger partial charge is 0.293 e. The van der Waals surface area contributed by atoms with Crippen molar-refractivity contribution >= 4 is 38.1 Å². The molecule has 4 rings (SSSR count). The van der Waals surface area contributed by atoms with E-state index in [-0.39, 0.29) is 5.91 Å². The van der Waals surface area contributed by atoms with Gasteiger partial charge in [0, 0.05) is 23.1 Å². The van der Waals surface area contributed by atoms with E-state index >= 15 is 0 Å². The van der Waals surface area contributed by atoms with Crippen LogP contribution < -0.4 is 0 Å². The van der Waals surface area contributed by atoms with Gasteiger partial charge in [-0.25, -0.2) is 0 Å². The average Bonchev–Trinajstić information content (AvgIpc) is 3.16. The highest BCUT2D eigenvalue weighted by Crippen LogP contribution is 2.31. The number of halogens is 1. The minimum absolute atomic E-state index is 0.0822. The van der Waals surface area contributed by atoms with Gasteiger partial charge in [-0.05, 0) is 25.3 Å². The molecule has 3 heterocycles. The topological polar surface area (TPSA) is 63.4 Å². The van der Waals surface area contributed by atoms with E-state index in [0.29, 0.717) is 10.8 Å². The quantitative estimate of drug-likeness (QED) is 0.672. The fraction of sp³-hybridized carbons (Fsp3) is 0.333. The standard InChI is InChI=1S/C15H14BrN5OS/c16-11-7-3-2-6-10(11)13-19-21-12(17-18-15(21)23-13)14(22)20-8-4-1-5-9-20/h2-3,6-7H,1,4-5,8-9H2. The third-order valence-electron chi connectivity index (χ3n) is 3.93. The summed E-state index contributed by atoms with van der Waals surface area (Å²) in [5.74, 6) is 0.220. The zero-order chi connectivity index (χ0) is 15.8. The zero-order valence-electron chi connectivity index (χ0n) is 12.3. The molecule has 1 aliphatic heterocycles. The van der Waals surface area contributed by atoms with E-state index in [2.05, 4.69) is 31.2 Å². The van der Waals surface area contributed by atoms with Crippen molar-refractivity contribution in [2.24, 2.45) is 0 Å². The maximum atomic E-state index is 12.6. The summed E-state index contributed by atoms with van der Waals surface area (Å²) in [4.78, 5) is 15.1. The number of hydrogen-bond acceptors (Lipinski definition) is 5. The first kappa shape index (κ1) is 14.8. The molecule has 3 aromatic rings. The highest BCUT2D eigenvalue weighted by Gasteiger charge is 2.25. The zero-order valence-corrected chi connectivity index (χ0v) is 14.7. The summed E-state index contributed by atoms with van der Waals surface area (Å²) >= 11 is 4.96. The normalized spacial score (nSPS) is 15.3. The molecule has 0 aliphatic carbocycles. The van der Waals surface area contributed by atoms with Crippen molar-refractivity contribution in [2.45, 2.75) is 19.3 Å². The molecular weight excluding hydrogens is 378 g/mol. The summed E-state index contributed by atoms with van der Waals surface area (Å²) in [5.41, 5.74) is 0.986. The van der Waals surface area contributed by atoms with E-state index in [0.717, 1.165) is 41.0 Å². The Kier molecular flexibility index (Phi) is 3.86. The first-order valence-electron chi connectivity index (χ1n) is 7.50. The third-order valence-corrected chi connectivity index (χ3v) is 5.55. The van der Waals surface area contributed by atoms with Gasteiger partial charge in [0.15, 0.2) is 0 Å². The number of hydrogen-bond donors (Lipinski definition) is 0. The Bertz CT molecular complexity index is 868. The van der Waals surface area contributed by atoms with Crippen LogP contribution in [-0.2, 0) is 0 Å². The first-order chi connectivity index (χ1) is 11.2. The van der Waals surface area contributed by atoms with E-state index in [1.165, 1.54) is 17.8 Å². The van der Waals surface area contributed by atoms with Crippen LogP contribution in [0.5, 0.6) is 0 Å². The fourth-order valence-corrected chi connectivity index (χ4v) is 4.21. The van der Waals surface area contributed by atoms with Gasteiger partial charge in [-0.2, -0.15) is 9.61 Å². The summed E-state index contributed by atoms with van der Waals surface area (Å²) in [6, 6.07) is 7.88. The van der Waals surface area contributed by atoms with Crippen LogP contribution in [0.25, 0.3) is 15.5 Å². The minimum Gasteiger partial charge on any atom is -0.336 e. The molecule has 0 bridgehead atoms. The lowest BCUT2D eigenvalue weighted by molar-refractivity contribution is 0.0709. The number of nitrogens with zero attached hydrogens (tertiary/aromatic N) is 5. The second-order valence-electron chi connectivity index (χ2n) is 5.46. The Labute approximate surface area is 145 Å². The molecule has 0 saturated carbocycles. The predicted molar refractivity (Wildman–Crippen MR) is 91.5 cm³/mol. The molecular formula is C15H14BrN5OS. The molecule has 1 aliphatic rings. The molecule has 1 fully saturated rings. The van der Waals surface area contributed by atoms with Crippen LogP contribution in [0.1, 0.15) is 29.9 Å². The fourth-order valence-electron chi connectivity index (χ4n) is 2.73. The number of amides is 1. The van der Waals surface area contributed by atoms with Gasteiger partial charge in [-0.3, -0.25) is 4.79 Å². The number of fused-ring (bicyclic) bond motifs is 1. The van der Waals surface area contributed by atoms with Crippen molar-refractivity contribution in [3.05, 3.63) is 34.6 Å². The van der Waals surface area contributed by atoms with Crippen LogP contribution in [0, 0.1) is 0 Å². The monoisotopic (exact) mass is 391 g/mol. The van der Waals surface area contributed by atoms with Gasteiger partial charge in [-0.15, -0.1) is 10.2 Å². The predicted octanol–water partition coefficient (Wildman–Crippen LogP) is 3.24. The first-order valence-corrected chi connectivity index (χ1v) is 9.11. The maximum absolute atomic E-state index is 12.6. The van der Waals surface area contributed by atoms with Gasteiger partial charge >= 0.3 is 0 Å². The van der Waals surface area contributed by atoms with Crippen LogP contribution in [0.3, 0.4) is 0 Å². The third kappa shape index (κ3) is 2.66. The summed E-state index contributed by atoms with van der Waals surface area (Å²) in [6.07, 6.45) is 3.28. The molecule has 23 heavy (non-hydrogen) atoms. The van der Waals surface area contributed by atoms with E-state index in [4.69, 9.17) is 0 Å². The van der Waals surface area contributed by atoms with Crippen molar-refractivity contribution in [3.63, 3.8) is 0 Å². The number of benzene rings is 1. The van der Waals surface area contributed by atoms with Crippen LogP contribution >= 0.6 is 27.3 Å². The van der Waals surface area contributed by atoms with E-state index in [9.17, 15) is 4.79 Å². The molecule has 0 spiro atoms. The number of rotatable bonds is 2. The number of piperidine rings is 1. The van der Waals surface area contributed by atoms with Crippen molar-refractivity contribution in [1.82, 2.24) is 24.7 Å². The molecule has 0 unspecified atom stereocenters. The molecule has 0 radical (unpaired) electrons. The molecule has 8 heteroatoms. The average molecular weight is 392 g/mol. The Balaban J connectivity index is 1.72. The highest BCUT2D eigenvalue weighted by atomic mass is 79.9. The van der Waals surface area contributed by atoms with Gasteiger partial charge in [-0.1, -0.05) is 45.5 Å². The van der Waals surface area contributed by atoms with E-state index in [1.807, 2.05) is 29.2 Å². The van der Waals surface area contributed by atoms with E-state index in [1.54, 1.807) is 4.52 Å². The minimum atomic E-state index is -0.0822. The molecule has 0 atom stereocenters. The second-order valence-corrected chi connectivity index (χ2v) is 7.27. The van der Waals surface area contributed by atoms with Crippen molar-refractivity contribution in [1.29, 1.82) is 0 Å². The summed E-state index contributed by atoms with van der Waals surface area (Å²) in [7, 11) is 0. The Hall–Kier alpha value is -1.80. The van der Waals surface area contributed by atoms with Crippen LogP contribution in [0.4, 0.5) is 0 Å². The van der Waals surface area contributed by atoms with Gasteiger partial charge in [0.2, 0.25) is 10.8 Å². The lowest BCUT2D eigenvalue weighted by atomic mass is 10.1. The largest absolute Gasteiger partial charge is 0.336 e. The van der Waals surface area contributed by atoms with Gasteiger partial charge in [0.1, 0.15) is 5.01 Å². The molecule has 6 nitrogen and oxygen atoms in total. The van der Waals surface area contributed by atoms with Gasteiger partial charge < -0.3 is 4.90 Å². The van der Waals surface area contributed by atoms with Gasteiger partial charge in [0.05, 0.1) is 0 Å². The molecule has 118 valence electrons. The summed E-state index contributed by atoms with van der Waals surface area (Å²) in [5, 5.41) is 13.5. The van der Waals surface area contributed by atoms with Crippen molar-refractivity contribution in [2.75, 3.05) is 13.1 Å². The number of likely N-dealkylation sites (tertiary alicyclic amines) is 1. The Morgan fingerprint density at radius 1 is 1.13 bits per heavy atom. The van der Waals surface area contributed by atoms with Gasteiger partial charge in [0.25, 0.3) is 5.91 Å². The number of carbonyl (C=O) groups is 1. The SMILES string of the molecule is O=C(c1nnc2sc(-c3ccccc3Br)nn12)N1CCCCC1. The van der Waals surface area contributed by atoms with Crippen LogP contribution in [-0.4, -0.2) is 43.7 Å².